The van der Waals surface area contributed by atoms with Gasteiger partial charge in [-0.15, -0.1) is 0 Å². The number of methoxy groups -OCH3 is 1. The van der Waals surface area contributed by atoms with Crippen LogP contribution in [0.4, 0.5) is 11.4 Å². The predicted molar refractivity (Wildman–Crippen MR) is 121 cm³/mol. The normalized spacial score (nSPS) is 12.2. The molecule has 0 spiro atoms. The first kappa shape index (κ1) is 23.8. The lowest BCUT2D eigenvalue weighted by atomic mass is 10.1. The molecule has 1 atom stereocenters. The summed E-state index contributed by atoms with van der Waals surface area (Å²) in [5, 5.41) is 33.1. The summed E-state index contributed by atoms with van der Waals surface area (Å²) in [6, 6.07) is 9.46. The molecule has 172 valence electrons. The van der Waals surface area contributed by atoms with E-state index in [9.17, 15) is 15.1 Å². The largest absolute Gasteiger partial charge is 0.595 e. The van der Waals surface area contributed by atoms with Crippen molar-refractivity contribution in [2.75, 3.05) is 32.2 Å². The van der Waals surface area contributed by atoms with Gasteiger partial charge in [-0.2, -0.15) is 5.23 Å². The molecular weight excluding hydrogens is 438 g/mol. The average molecular weight is 464 g/mol. The number of aromatic hydroxyl groups is 1. The van der Waals surface area contributed by atoms with E-state index in [-0.39, 0.29) is 18.0 Å². The average Bonchev–Trinajstić information content (AvgIpc) is 3.02. The minimum atomic E-state index is -1.03. The second kappa shape index (κ2) is 10.7. The number of aryl methyl sites for hydroxylation is 1. The van der Waals surface area contributed by atoms with Crippen molar-refractivity contribution in [3.63, 3.8) is 0 Å². The minimum Gasteiger partial charge on any atom is -0.595 e. The van der Waals surface area contributed by atoms with Crippen LogP contribution < -0.4 is 10.5 Å². The van der Waals surface area contributed by atoms with Crippen molar-refractivity contribution in [3.05, 3.63) is 57.9 Å². The lowest BCUT2D eigenvalue weighted by Gasteiger charge is -2.14. The van der Waals surface area contributed by atoms with Crippen molar-refractivity contribution in [2.45, 2.75) is 19.9 Å². The van der Waals surface area contributed by atoms with Gasteiger partial charge < -0.3 is 29.7 Å². The van der Waals surface area contributed by atoms with Gasteiger partial charge in [0.1, 0.15) is 12.4 Å². The highest BCUT2D eigenvalue weighted by Crippen LogP contribution is 2.30. The molecule has 0 bridgehead atoms. The maximum absolute atomic E-state index is 12.7. The number of nitrogens with zero attached hydrogens (tertiary/aromatic N) is 1. The number of hydrogen-bond donors (Lipinski definition) is 4. The summed E-state index contributed by atoms with van der Waals surface area (Å²) < 4.78 is 12.2. The number of phenolic OH excluding ortho intramolecular Hbond substituents is 1. The minimum absolute atomic E-state index is 0.0710. The zero-order valence-electron chi connectivity index (χ0n) is 17.9. The molecule has 1 heterocycles. The van der Waals surface area contributed by atoms with Crippen LogP contribution in [-0.2, 0) is 16.0 Å². The third-order valence-corrected chi connectivity index (χ3v) is 5.43. The highest BCUT2D eigenvalue weighted by molar-refractivity contribution is 6.33. The monoisotopic (exact) mass is 463 g/mol. The Morgan fingerprint density at radius 3 is 2.72 bits per heavy atom. The highest BCUT2D eigenvalue weighted by atomic mass is 35.5. The number of benzene rings is 2. The van der Waals surface area contributed by atoms with E-state index >= 15 is 0 Å². The molecule has 9 nitrogen and oxygen atoms in total. The third kappa shape index (κ3) is 5.32. The van der Waals surface area contributed by atoms with E-state index in [1.54, 1.807) is 24.3 Å². The maximum atomic E-state index is 12.7. The van der Waals surface area contributed by atoms with Gasteiger partial charge in [-0.1, -0.05) is 11.6 Å². The summed E-state index contributed by atoms with van der Waals surface area (Å²) in [7, 11) is 1.53. The van der Waals surface area contributed by atoms with Gasteiger partial charge in [0.2, 0.25) is 0 Å². The molecule has 3 aromatic rings. The number of anilines is 1. The molecule has 4 N–H and O–H groups in total. The summed E-state index contributed by atoms with van der Waals surface area (Å²) in [6.07, 6.45) is 0.709. The number of carbonyl (C=O) groups excluding carboxylic acids is 1. The topological polar surface area (TPSA) is 120 Å². The Balaban J connectivity index is 1.73. The zero-order chi connectivity index (χ0) is 23.3. The Hall–Kier alpha value is -2.82. The Kier molecular flexibility index (Phi) is 7.94. The van der Waals surface area contributed by atoms with E-state index in [0.717, 1.165) is 11.2 Å². The van der Waals surface area contributed by atoms with E-state index < -0.39 is 11.2 Å². The van der Waals surface area contributed by atoms with Crippen LogP contribution in [0.2, 0.25) is 5.02 Å². The molecule has 0 aliphatic rings. The molecule has 2 aromatic carbocycles. The fourth-order valence-corrected chi connectivity index (χ4v) is 3.80. The standard InChI is InChI=1S/C22H26ClN3O6/c1-14-21(22(28)32-11-10-31-2)17-13-16(27)5-7-20(17)25(14)9-3-8-24-19-6-4-15(26(29)30)12-18(19)23/h4-7,12-13,24,26-27,29H,3,8-11H2,1-2H3. The smallest absolute Gasteiger partial charge is 0.340 e. The van der Waals surface area contributed by atoms with Crippen LogP contribution in [0.3, 0.4) is 0 Å². The van der Waals surface area contributed by atoms with E-state index in [1.165, 1.54) is 19.2 Å². The number of esters is 1. The summed E-state index contributed by atoms with van der Waals surface area (Å²) >= 11 is 6.16. The number of halogens is 1. The fourth-order valence-electron chi connectivity index (χ4n) is 3.56. The quantitative estimate of drug-likeness (QED) is 0.207. The molecule has 3 rings (SSSR count). The van der Waals surface area contributed by atoms with Gasteiger partial charge in [0.05, 0.1) is 22.9 Å². The number of aromatic nitrogens is 1. The number of nitrogens with one attached hydrogen (secondary N) is 2. The second-order valence-electron chi connectivity index (χ2n) is 7.22. The highest BCUT2D eigenvalue weighted by Gasteiger charge is 2.21. The molecule has 0 aliphatic carbocycles. The van der Waals surface area contributed by atoms with Crippen molar-refractivity contribution in [1.29, 1.82) is 0 Å². The van der Waals surface area contributed by atoms with Gasteiger partial charge in [-0.25, -0.2) is 10.0 Å². The van der Waals surface area contributed by atoms with Crippen LogP contribution in [-0.4, -0.2) is 47.7 Å². The van der Waals surface area contributed by atoms with Gasteiger partial charge in [0.15, 0.2) is 5.69 Å². The van der Waals surface area contributed by atoms with Crippen molar-refractivity contribution < 1.29 is 29.8 Å². The summed E-state index contributed by atoms with van der Waals surface area (Å²) in [5.74, 6) is -0.390. The lowest BCUT2D eigenvalue weighted by Crippen LogP contribution is -2.99. The lowest BCUT2D eigenvalue weighted by molar-refractivity contribution is -0.991. The second-order valence-corrected chi connectivity index (χ2v) is 7.63. The number of fused-ring (bicyclic) bond motifs is 1. The first-order valence-electron chi connectivity index (χ1n) is 10.1. The van der Waals surface area contributed by atoms with Gasteiger partial charge >= 0.3 is 5.97 Å². The Labute approximate surface area is 190 Å². The van der Waals surface area contributed by atoms with Crippen molar-refractivity contribution in [2.24, 2.45) is 0 Å². The first-order chi connectivity index (χ1) is 15.3. The van der Waals surface area contributed by atoms with Crippen molar-refractivity contribution >= 4 is 39.8 Å². The number of hydrogen-bond acceptors (Lipinski definition) is 7. The van der Waals surface area contributed by atoms with Crippen LogP contribution in [0.5, 0.6) is 5.75 Å². The van der Waals surface area contributed by atoms with Gasteiger partial charge in [-0.05, 0) is 37.6 Å². The Morgan fingerprint density at radius 1 is 1.25 bits per heavy atom. The number of carbonyl (C=O) groups is 1. The van der Waals surface area contributed by atoms with Crippen LogP contribution in [0, 0.1) is 12.1 Å². The SMILES string of the molecule is COCCOC(=O)c1c(C)n(CCCNc2ccc([NH+]([O-])O)cc2Cl)c2ccc(O)cc12. The van der Waals surface area contributed by atoms with Gasteiger partial charge in [-0.3, -0.25) is 0 Å². The number of quaternary nitrogens is 1. The van der Waals surface area contributed by atoms with Crippen LogP contribution in [0.1, 0.15) is 22.5 Å². The molecule has 0 radical (unpaired) electrons. The molecule has 0 amide bonds. The summed E-state index contributed by atoms with van der Waals surface area (Å²) in [6.45, 7) is 3.48. The Morgan fingerprint density at radius 2 is 2.03 bits per heavy atom. The first-order valence-corrected chi connectivity index (χ1v) is 10.5. The number of ether oxygens (including phenoxy) is 2. The molecule has 1 aromatic heterocycles. The molecule has 0 fully saturated rings. The third-order valence-electron chi connectivity index (χ3n) is 5.12. The molecule has 0 aliphatic heterocycles. The molecule has 32 heavy (non-hydrogen) atoms. The zero-order valence-corrected chi connectivity index (χ0v) is 18.6. The van der Waals surface area contributed by atoms with E-state index in [0.29, 0.717) is 47.8 Å². The van der Waals surface area contributed by atoms with E-state index in [1.807, 2.05) is 11.5 Å². The molecule has 10 heteroatoms. The number of phenols is 1. The van der Waals surface area contributed by atoms with Crippen molar-refractivity contribution in [3.8, 4) is 5.75 Å². The van der Waals surface area contributed by atoms with Crippen molar-refractivity contribution in [1.82, 2.24) is 4.57 Å². The van der Waals surface area contributed by atoms with E-state index in [4.69, 9.17) is 26.3 Å². The van der Waals surface area contributed by atoms with E-state index in [2.05, 4.69) is 5.32 Å². The maximum Gasteiger partial charge on any atom is 0.340 e. The Bertz CT molecular complexity index is 1100. The van der Waals surface area contributed by atoms with Crippen LogP contribution in [0.25, 0.3) is 10.9 Å². The molecular formula is C22H26ClN3O6. The van der Waals surface area contributed by atoms with Crippen LogP contribution >= 0.6 is 11.6 Å². The van der Waals surface area contributed by atoms with Gasteiger partial charge in [0, 0.05) is 48.9 Å². The number of rotatable bonds is 10. The summed E-state index contributed by atoms with van der Waals surface area (Å²) in [5.41, 5.74) is 2.77. The fraction of sp³-hybridized carbons (Fsp3) is 0.318. The van der Waals surface area contributed by atoms with Gasteiger partial charge in [0.25, 0.3) is 0 Å². The summed E-state index contributed by atoms with van der Waals surface area (Å²) in [4.78, 5) is 12.7. The molecule has 0 saturated carbocycles. The molecule has 1 unspecified atom stereocenters. The molecule has 0 saturated heterocycles. The van der Waals surface area contributed by atoms with Crippen LogP contribution in [0.15, 0.2) is 36.4 Å². The predicted octanol–water partition coefficient (Wildman–Crippen LogP) is 3.02.